The van der Waals surface area contributed by atoms with Crippen LogP contribution in [0.4, 0.5) is 0 Å². The molecule has 0 aromatic carbocycles. The number of nitrogens with zero attached hydrogens (tertiary/aromatic N) is 4. The summed E-state index contributed by atoms with van der Waals surface area (Å²) in [5.74, 6) is -0.00753. The molecule has 2 aliphatic rings. The third kappa shape index (κ3) is 2.28. The summed E-state index contributed by atoms with van der Waals surface area (Å²) in [6.07, 6.45) is 9.70. The Balaban J connectivity index is 1.45. The number of fused-ring (bicyclic) bond motifs is 3. The van der Waals surface area contributed by atoms with Crippen molar-refractivity contribution in [3.05, 3.63) is 52.7 Å². The number of carbonyl (C=O) groups excluding carboxylic acids is 1. The normalized spacial score (nSPS) is 22.7. The zero-order chi connectivity index (χ0) is 17.0. The van der Waals surface area contributed by atoms with Gasteiger partial charge in [0.15, 0.2) is 0 Å². The lowest BCUT2D eigenvalue weighted by Crippen LogP contribution is -2.48. The Morgan fingerprint density at radius 3 is 3.12 bits per heavy atom. The summed E-state index contributed by atoms with van der Waals surface area (Å²) < 4.78 is 1.80. The summed E-state index contributed by atoms with van der Waals surface area (Å²) in [5.41, 5.74) is 3.77. The minimum atomic E-state index is -0.00753. The van der Waals surface area contributed by atoms with E-state index in [1.165, 1.54) is 11.3 Å². The molecule has 1 atom stereocenters. The van der Waals surface area contributed by atoms with Crippen LogP contribution in [-0.4, -0.2) is 43.5 Å². The van der Waals surface area contributed by atoms with Crippen molar-refractivity contribution < 1.29 is 4.79 Å². The second-order valence-electron chi connectivity index (χ2n) is 7.12. The average molecular weight is 356 g/mol. The van der Waals surface area contributed by atoms with Crippen LogP contribution in [0.25, 0.3) is 5.65 Å². The van der Waals surface area contributed by atoms with Crippen molar-refractivity contribution in [3.8, 4) is 0 Å². The highest BCUT2D eigenvalue weighted by Crippen LogP contribution is 2.44. The maximum atomic E-state index is 13.0. The first-order valence-corrected chi connectivity index (χ1v) is 8.99. The first-order valence-electron chi connectivity index (χ1n) is 8.61. The van der Waals surface area contributed by atoms with E-state index in [-0.39, 0.29) is 11.3 Å². The molecule has 5 rings (SSSR count). The van der Waals surface area contributed by atoms with Gasteiger partial charge in [-0.2, -0.15) is 5.10 Å². The molecule has 3 aromatic heterocycles. The van der Waals surface area contributed by atoms with Crippen LogP contribution in [0.15, 0.2) is 30.7 Å². The highest BCUT2D eigenvalue weighted by atomic mass is 35.5. The van der Waals surface area contributed by atoms with Crippen molar-refractivity contribution in [2.45, 2.75) is 31.1 Å². The monoisotopic (exact) mass is 355 g/mol. The molecule has 1 saturated heterocycles. The lowest BCUT2D eigenvalue weighted by atomic mass is 9.77. The number of nitrogens with one attached hydrogen (secondary N) is 1. The molecule has 1 fully saturated rings. The van der Waals surface area contributed by atoms with Gasteiger partial charge in [0.25, 0.3) is 5.91 Å². The summed E-state index contributed by atoms with van der Waals surface area (Å²) in [5, 5.41) is 8.01. The molecule has 25 heavy (non-hydrogen) atoms. The molecule has 6 nitrogen and oxygen atoms in total. The lowest BCUT2D eigenvalue weighted by molar-refractivity contribution is 0.0627. The average Bonchev–Trinajstić information content (AvgIpc) is 3.31. The summed E-state index contributed by atoms with van der Waals surface area (Å²) in [6, 6.07) is 3.61. The van der Waals surface area contributed by atoms with E-state index in [0.717, 1.165) is 44.4 Å². The third-order valence-corrected chi connectivity index (χ3v) is 5.84. The van der Waals surface area contributed by atoms with Gasteiger partial charge in [-0.15, -0.1) is 0 Å². The molecule has 0 radical (unpaired) electrons. The Bertz CT molecular complexity index is 977. The summed E-state index contributed by atoms with van der Waals surface area (Å²) in [7, 11) is 0. The third-order valence-electron chi connectivity index (χ3n) is 5.62. The minimum Gasteiger partial charge on any atom is -0.336 e. The number of imidazole rings is 1. The fourth-order valence-corrected chi connectivity index (χ4v) is 4.57. The number of hydrogen-bond donors (Lipinski definition) is 1. The fraction of sp³-hybridized carbons (Fsp3) is 0.389. The first-order chi connectivity index (χ1) is 12.1. The smallest absolute Gasteiger partial charge is 0.274 e. The van der Waals surface area contributed by atoms with Crippen LogP contribution in [0, 0.1) is 0 Å². The Hall–Kier alpha value is -2.34. The van der Waals surface area contributed by atoms with Crippen LogP contribution in [0.1, 0.15) is 41.0 Å². The minimum absolute atomic E-state index is 0.00753. The molecular formula is C18H18ClN5O. The number of piperidine rings is 1. The zero-order valence-corrected chi connectivity index (χ0v) is 14.5. The molecule has 0 saturated carbocycles. The molecule has 128 valence electrons. The van der Waals surface area contributed by atoms with E-state index in [0.29, 0.717) is 10.7 Å². The van der Waals surface area contributed by atoms with Gasteiger partial charge in [-0.1, -0.05) is 11.6 Å². The number of carbonyl (C=O) groups is 1. The van der Waals surface area contributed by atoms with Crippen molar-refractivity contribution in [2.24, 2.45) is 0 Å². The fourth-order valence-electron chi connectivity index (χ4n) is 4.40. The molecule has 1 N–H and O–H groups in total. The van der Waals surface area contributed by atoms with Crippen LogP contribution in [0.2, 0.25) is 5.02 Å². The number of amides is 1. The van der Waals surface area contributed by atoms with Crippen LogP contribution >= 0.6 is 11.6 Å². The summed E-state index contributed by atoms with van der Waals surface area (Å²) >= 11 is 6.02. The van der Waals surface area contributed by atoms with E-state index < -0.39 is 0 Å². The molecule has 0 bridgehead atoms. The summed E-state index contributed by atoms with van der Waals surface area (Å²) in [4.78, 5) is 19.5. The van der Waals surface area contributed by atoms with Crippen LogP contribution in [0.3, 0.4) is 0 Å². The molecule has 7 heteroatoms. The van der Waals surface area contributed by atoms with Gasteiger partial charge in [-0.3, -0.25) is 9.89 Å². The van der Waals surface area contributed by atoms with E-state index >= 15 is 0 Å². The number of rotatable bonds is 1. The molecule has 4 heterocycles. The number of aryl methyl sites for hydroxylation is 1. The van der Waals surface area contributed by atoms with Gasteiger partial charge in [0, 0.05) is 36.6 Å². The van der Waals surface area contributed by atoms with E-state index in [2.05, 4.69) is 15.2 Å². The number of pyridine rings is 1. The standard InChI is InChI=1S/C18H18ClN5O/c19-13-2-3-15-21-14(10-24(15)9-13)17(25)23-7-1-5-18(11-23)6-4-12-8-20-22-16(12)18/h2-3,8-10H,1,4-7,11H2,(H,20,22). The summed E-state index contributed by atoms with van der Waals surface area (Å²) in [6.45, 7) is 1.51. The van der Waals surface area contributed by atoms with Crippen molar-refractivity contribution in [1.29, 1.82) is 0 Å². The van der Waals surface area contributed by atoms with E-state index in [4.69, 9.17) is 11.6 Å². The second kappa shape index (κ2) is 5.33. The predicted octanol–water partition coefficient (Wildman–Crippen LogP) is 2.83. The van der Waals surface area contributed by atoms with E-state index in [1.54, 1.807) is 22.9 Å². The Kier molecular flexibility index (Phi) is 3.19. The van der Waals surface area contributed by atoms with E-state index in [1.807, 2.05) is 17.2 Å². The van der Waals surface area contributed by atoms with Gasteiger partial charge in [-0.05, 0) is 43.4 Å². The van der Waals surface area contributed by atoms with Crippen molar-refractivity contribution in [2.75, 3.05) is 13.1 Å². The predicted molar refractivity (Wildman–Crippen MR) is 93.9 cm³/mol. The van der Waals surface area contributed by atoms with Gasteiger partial charge in [0.2, 0.25) is 0 Å². The highest BCUT2D eigenvalue weighted by molar-refractivity contribution is 6.30. The molecular weight excluding hydrogens is 338 g/mol. The maximum absolute atomic E-state index is 13.0. The van der Waals surface area contributed by atoms with Gasteiger partial charge < -0.3 is 9.30 Å². The van der Waals surface area contributed by atoms with Gasteiger partial charge in [-0.25, -0.2) is 4.98 Å². The Morgan fingerprint density at radius 1 is 1.28 bits per heavy atom. The Morgan fingerprint density at radius 2 is 2.20 bits per heavy atom. The molecule has 1 aliphatic heterocycles. The van der Waals surface area contributed by atoms with Crippen LogP contribution in [0.5, 0.6) is 0 Å². The Labute approximate surface area is 149 Å². The van der Waals surface area contributed by atoms with Gasteiger partial charge in [0.1, 0.15) is 11.3 Å². The lowest BCUT2D eigenvalue weighted by Gasteiger charge is -2.40. The zero-order valence-electron chi connectivity index (χ0n) is 13.7. The quantitative estimate of drug-likeness (QED) is 0.730. The van der Waals surface area contributed by atoms with Crippen LogP contribution < -0.4 is 0 Å². The van der Waals surface area contributed by atoms with Crippen LogP contribution in [-0.2, 0) is 11.8 Å². The van der Waals surface area contributed by atoms with E-state index in [9.17, 15) is 4.79 Å². The van der Waals surface area contributed by atoms with Crippen molar-refractivity contribution in [1.82, 2.24) is 24.5 Å². The topological polar surface area (TPSA) is 66.3 Å². The number of hydrogen-bond acceptors (Lipinski definition) is 3. The molecule has 1 spiro atoms. The SMILES string of the molecule is O=C(c1cn2cc(Cl)ccc2n1)N1CCCC2(CCc3cn[nH]c32)C1. The van der Waals surface area contributed by atoms with Crippen molar-refractivity contribution in [3.63, 3.8) is 0 Å². The number of aromatic amines is 1. The second-order valence-corrected chi connectivity index (χ2v) is 7.56. The number of H-pyrrole nitrogens is 1. The van der Waals surface area contributed by atoms with Crippen molar-refractivity contribution >= 4 is 23.2 Å². The maximum Gasteiger partial charge on any atom is 0.274 e. The highest BCUT2D eigenvalue weighted by Gasteiger charge is 2.44. The molecule has 1 amide bonds. The molecule has 1 unspecified atom stereocenters. The molecule has 1 aliphatic carbocycles. The largest absolute Gasteiger partial charge is 0.336 e. The first kappa shape index (κ1) is 15.0. The number of aromatic nitrogens is 4. The van der Waals surface area contributed by atoms with Gasteiger partial charge in [0.05, 0.1) is 11.2 Å². The molecule has 3 aromatic rings. The van der Waals surface area contributed by atoms with Gasteiger partial charge >= 0.3 is 0 Å². The number of likely N-dealkylation sites (tertiary alicyclic amines) is 1. The number of halogens is 1.